The van der Waals surface area contributed by atoms with E-state index in [0.29, 0.717) is 0 Å². The van der Waals surface area contributed by atoms with E-state index < -0.39 is 0 Å². The van der Waals surface area contributed by atoms with Crippen molar-refractivity contribution in [1.82, 2.24) is 9.80 Å². The van der Waals surface area contributed by atoms with E-state index in [9.17, 15) is 0 Å². The smallest absolute Gasteiger partial charge is 0.0254 e. The molecule has 3 heteroatoms. The molecule has 1 rings (SSSR count). The van der Waals surface area contributed by atoms with Crippen LogP contribution in [0.4, 0.5) is 0 Å². The normalized spacial score (nSPS) is 30.2. The van der Waals surface area contributed by atoms with Crippen LogP contribution in [0.25, 0.3) is 0 Å². The molecule has 78 valence electrons. The molecule has 1 fully saturated rings. The van der Waals surface area contributed by atoms with E-state index >= 15 is 0 Å². The summed E-state index contributed by atoms with van der Waals surface area (Å²) in [6, 6.07) is 0.750. The maximum Gasteiger partial charge on any atom is 0.0254 e. The summed E-state index contributed by atoms with van der Waals surface area (Å²) in [7, 11) is 4.37. The van der Waals surface area contributed by atoms with Gasteiger partial charge in [-0.3, -0.25) is 0 Å². The van der Waals surface area contributed by atoms with Crippen LogP contribution in [-0.4, -0.2) is 55.3 Å². The van der Waals surface area contributed by atoms with Crippen molar-refractivity contribution >= 4 is 12.6 Å². The van der Waals surface area contributed by atoms with Crippen LogP contribution in [0.1, 0.15) is 13.3 Å². The number of hydrogen-bond donors (Lipinski definition) is 1. The average Bonchev–Trinajstić information content (AvgIpc) is 2.43. The van der Waals surface area contributed by atoms with Gasteiger partial charge in [-0.1, -0.05) is 6.92 Å². The predicted molar refractivity (Wildman–Crippen MR) is 61.5 cm³/mol. The van der Waals surface area contributed by atoms with Gasteiger partial charge < -0.3 is 9.80 Å². The fourth-order valence-electron chi connectivity index (χ4n) is 2.20. The maximum absolute atomic E-state index is 4.24. The van der Waals surface area contributed by atoms with Crippen molar-refractivity contribution in [2.45, 2.75) is 19.4 Å². The van der Waals surface area contributed by atoms with Gasteiger partial charge in [0, 0.05) is 19.1 Å². The van der Waals surface area contributed by atoms with Crippen LogP contribution >= 0.6 is 12.6 Å². The number of rotatable bonds is 4. The van der Waals surface area contributed by atoms with Crippen LogP contribution in [0.5, 0.6) is 0 Å². The van der Waals surface area contributed by atoms with Crippen LogP contribution < -0.4 is 0 Å². The lowest BCUT2D eigenvalue weighted by molar-refractivity contribution is 0.252. The highest BCUT2D eigenvalue weighted by molar-refractivity contribution is 7.80. The molecular weight excluding hydrogens is 180 g/mol. The highest BCUT2D eigenvalue weighted by atomic mass is 32.1. The van der Waals surface area contributed by atoms with Gasteiger partial charge in [-0.25, -0.2) is 0 Å². The lowest BCUT2D eigenvalue weighted by atomic mass is 10.1. The van der Waals surface area contributed by atoms with Gasteiger partial charge in [0.2, 0.25) is 0 Å². The second-order valence-electron chi connectivity index (χ2n) is 4.34. The Labute approximate surface area is 87.7 Å². The molecule has 0 aromatic rings. The molecule has 1 aliphatic heterocycles. The molecule has 0 amide bonds. The summed E-state index contributed by atoms with van der Waals surface area (Å²) >= 11 is 4.24. The van der Waals surface area contributed by atoms with Crippen LogP contribution in [0.2, 0.25) is 0 Å². The Balaban J connectivity index is 2.32. The van der Waals surface area contributed by atoms with Gasteiger partial charge >= 0.3 is 0 Å². The van der Waals surface area contributed by atoms with Crippen molar-refractivity contribution in [3.8, 4) is 0 Å². The minimum absolute atomic E-state index is 0.750. The van der Waals surface area contributed by atoms with Crippen LogP contribution in [-0.2, 0) is 0 Å². The average molecular weight is 202 g/mol. The quantitative estimate of drug-likeness (QED) is 0.684. The molecular formula is C10H22N2S. The van der Waals surface area contributed by atoms with Crippen molar-refractivity contribution in [2.24, 2.45) is 5.92 Å². The third-order valence-electron chi connectivity index (χ3n) is 2.94. The zero-order chi connectivity index (χ0) is 9.84. The zero-order valence-corrected chi connectivity index (χ0v) is 9.93. The highest BCUT2D eigenvalue weighted by Gasteiger charge is 2.30. The van der Waals surface area contributed by atoms with Crippen molar-refractivity contribution in [1.29, 1.82) is 0 Å². The van der Waals surface area contributed by atoms with Crippen molar-refractivity contribution < 1.29 is 0 Å². The minimum atomic E-state index is 0.750. The molecule has 0 N–H and O–H groups in total. The van der Waals surface area contributed by atoms with Crippen molar-refractivity contribution in [2.75, 3.05) is 39.5 Å². The highest BCUT2D eigenvalue weighted by Crippen LogP contribution is 2.19. The molecule has 0 saturated carbocycles. The largest absolute Gasteiger partial charge is 0.305 e. The Bertz CT molecular complexity index is 150. The van der Waals surface area contributed by atoms with Gasteiger partial charge in [-0.05, 0) is 38.7 Å². The number of thiol groups is 1. The van der Waals surface area contributed by atoms with Crippen LogP contribution in [0.3, 0.4) is 0 Å². The Morgan fingerprint density at radius 3 is 2.54 bits per heavy atom. The molecule has 0 aromatic carbocycles. The van der Waals surface area contributed by atoms with E-state index in [2.05, 4.69) is 43.4 Å². The molecule has 1 saturated heterocycles. The first-order valence-corrected chi connectivity index (χ1v) is 5.78. The van der Waals surface area contributed by atoms with Gasteiger partial charge in [0.15, 0.2) is 0 Å². The molecule has 2 nitrogen and oxygen atoms in total. The number of hydrogen-bond acceptors (Lipinski definition) is 3. The fraction of sp³-hybridized carbons (Fsp3) is 1.00. The Morgan fingerprint density at radius 2 is 2.08 bits per heavy atom. The van der Waals surface area contributed by atoms with E-state index in [1.54, 1.807) is 0 Å². The van der Waals surface area contributed by atoms with Crippen molar-refractivity contribution in [3.05, 3.63) is 0 Å². The molecule has 0 aromatic heterocycles. The molecule has 2 unspecified atom stereocenters. The Morgan fingerprint density at radius 1 is 1.38 bits per heavy atom. The first kappa shape index (κ1) is 11.3. The summed E-state index contributed by atoms with van der Waals surface area (Å²) in [5.41, 5.74) is 0. The molecule has 1 heterocycles. The first-order chi connectivity index (χ1) is 6.15. The molecule has 0 spiro atoms. The van der Waals surface area contributed by atoms with Crippen molar-refractivity contribution in [3.63, 3.8) is 0 Å². The predicted octanol–water partition coefficient (Wildman–Crippen LogP) is 1.19. The second-order valence-corrected chi connectivity index (χ2v) is 4.79. The van der Waals surface area contributed by atoms with Gasteiger partial charge in [-0.2, -0.15) is 12.6 Å². The second kappa shape index (κ2) is 5.23. The summed E-state index contributed by atoms with van der Waals surface area (Å²) in [6.07, 6.45) is 1.22. The van der Waals surface area contributed by atoms with Gasteiger partial charge in [0.05, 0.1) is 0 Å². The summed E-state index contributed by atoms with van der Waals surface area (Å²) in [4.78, 5) is 4.91. The standard InChI is InChI=1S/C10H22N2S/c1-9-7-12(5-4-6-13)8-10(9)11(2)3/h9-10,13H,4-8H2,1-3H3. The molecule has 13 heavy (non-hydrogen) atoms. The number of nitrogens with zero attached hydrogens (tertiary/aromatic N) is 2. The van der Waals surface area contributed by atoms with E-state index in [1.165, 1.54) is 26.1 Å². The molecule has 1 aliphatic rings. The van der Waals surface area contributed by atoms with Crippen LogP contribution in [0.15, 0.2) is 0 Å². The number of likely N-dealkylation sites (tertiary alicyclic amines) is 1. The SMILES string of the molecule is CC1CN(CCCS)CC1N(C)C. The van der Waals surface area contributed by atoms with E-state index in [1.807, 2.05) is 0 Å². The lowest BCUT2D eigenvalue weighted by Crippen LogP contribution is -2.34. The topological polar surface area (TPSA) is 6.48 Å². The molecule has 0 bridgehead atoms. The monoisotopic (exact) mass is 202 g/mol. The summed E-state index contributed by atoms with van der Waals surface area (Å²) in [5, 5.41) is 0. The fourth-order valence-corrected chi connectivity index (χ4v) is 2.34. The molecule has 2 atom stereocenters. The van der Waals surface area contributed by atoms with Gasteiger partial charge in [0.25, 0.3) is 0 Å². The Hall–Kier alpha value is 0.270. The first-order valence-electron chi connectivity index (χ1n) is 5.14. The molecule has 0 radical (unpaired) electrons. The van der Waals surface area contributed by atoms with Gasteiger partial charge in [-0.15, -0.1) is 0 Å². The maximum atomic E-state index is 4.24. The molecule has 0 aliphatic carbocycles. The van der Waals surface area contributed by atoms with E-state index in [4.69, 9.17) is 0 Å². The minimum Gasteiger partial charge on any atom is -0.305 e. The zero-order valence-electron chi connectivity index (χ0n) is 9.03. The van der Waals surface area contributed by atoms with E-state index in [0.717, 1.165) is 17.7 Å². The third kappa shape index (κ3) is 3.15. The van der Waals surface area contributed by atoms with E-state index in [-0.39, 0.29) is 0 Å². The number of likely N-dealkylation sites (N-methyl/N-ethyl adjacent to an activating group) is 1. The summed E-state index contributed by atoms with van der Waals surface area (Å²) in [6.45, 7) is 6.07. The van der Waals surface area contributed by atoms with Crippen LogP contribution in [0, 0.1) is 5.92 Å². The Kier molecular flexibility index (Phi) is 4.56. The lowest BCUT2D eigenvalue weighted by Gasteiger charge is -2.22. The summed E-state index contributed by atoms with van der Waals surface area (Å²) < 4.78 is 0. The van der Waals surface area contributed by atoms with Gasteiger partial charge in [0.1, 0.15) is 0 Å². The summed E-state index contributed by atoms with van der Waals surface area (Å²) in [5.74, 6) is 1.83. The third-order valence-corrected chi connectivity index (χ3v) is 3.26.